The monoisotopic (exact) mass is 527 g/mol. The van der Waals surface area contributed by atoms with Gasteiger partial charge in [0.05, 0.1) is 13.7 Å². The Morgan fingerprint density at radius 1 is 1.07 bits per heavy atom. The Morgan fingerprint density at radius 2 is 1.73 bits per heavy atom. The van der Waals surface area contributed by atoms with Crippen LogP contribution in [0.4, 0.5) is 4.39 Å². The summed E-state index contributed by atoms with van der Waals surface area (Å²) in [6.45, 7) is 5.54. The molecular formula is C23H31FIN3O2. The van der Waals surface area contributed by atoms with E-state index in [0.29, 0.717) is 19.8 Å². The first-order chi connectivity index (χ1) is 14.1. The number of hydrogen-bond acceptors (Lipinski definition) is 3. The highest BCUT2D eigenvalue weighted by Gasteiger charge is 2.34. The van der Waals surface area contributed by atoms with Gasteiger partial charge >= 0.3 is 0 Å². The van der Waals surface area contributed by atoms with Gasteiger partial charge in [-0.05, 0) is 55.2 Å². The van der Waals surface area contributed by atoms with E-state index >= 15 is 0 Å². The van der Waals surface area contributed by atoms with Crippen molar-refractivity contribution >= 4 is 29.9 Å². The number of rotatable bonds is 7. The van der Waals surface area contributed by atoms with Crippen molar-refractivity contribution in [2.24, 2.45) is 4.99 Å². The molecule has 5 nitrogen and oxygen atoms in total. The number of methoxy groups -OCH3 is 1. The second-order valence-electron chi connectivity index (χ2n) is 7.30. The van der Waals surface area contributed by atoms with Crippen LogP contribution in [-0.4, -0.2) is 39.4 Å². The molecule has 3 rings (SSSR count). The molecule has 1 aliphatic rings. The predicted octanol–water partition coefficient (Wildman–Crippen LogP) is 4.26. The van der Waals surface area contributed by atoms with Crippen LogP contribution in [0.5, 0.6) is 5.75 Å². The van der Waals surface area contributed by atoms with Crippen molar-refractivity contribution in [3.8, 4) is 5.75 Å². The van der Waals surface area contributed by atoms with Crippen LogP contribution >= 0.6 is 24.0 Å². The van der Waals surface area contributed by atoms with Crippen LogP contribution in [0, 0.1) is 5.82 Å². The number of nitrogens with zero attached hydrogens (tertiary/aromatic N) is 1. The zero-order valence-corrected chi connectivity index (χ0v) is 19.9. The summed E-state index contributed by atoms with van der Waals surface area (Å²) >= 11 is 0. The van der Waals surface area contributed by atoms with E-state index in [4.69, 9.17) is 14.5 Å². The fourth-order valence-electron chi connectivity index (χ4n) is 3.63. The molecule has 0 aliphatic carbocycles. The molecule has 0 spiro atoms. The number of halogens is 2. The van der Waals surface area contributed by atoms with Crippen molar-refractivity contribution in [1.82, 2.24) is 10.6 Å². The van der Waals surface area contributed by atoms with E-state index in [1.807, 2.05) is 36.4 Å². The highest BCUT2D eigenvalue weighted by atomic mass is 127. The summed E-state index contributed by atoms with van der Waals surface area (Å²) in [5.41, 5.74) is 2.16. The third-order valence-electron chi connectivity index (χ3n) is 5.42. The summed E-state index contributed by atoms with van der Waals surface area (Å²) in [4.78, 5) is 4.72. The average molecular weight is 527 g/mol. The first-order valence-electron chi connectivity index (χ1n) is 10.1. The van der Waals surface area contributed by atoms with E-state index in [1.165, 1.54) is 12.1 Å². The summed E-state index contributed by atoms with van der Waals surface area (Å²) < 4.78 is 24.2. The van der Waals surface area contributed by atoms with E-state index < -0.39 is 0 Å². The van der Waals surface area contributed by atoms with Gasteiger partial charge in [0.25, 0.3) is 0 Å². The Morgan fingerprint density at radius 3 is 2.33 bits per heavy atom. The zero-order chi connectivity index (χ0) is 20.5. The van der Waals surface area contributed by atoms with Crippen molar-refractivity contribution in [2.75, 3.05) is 33.4 Å². The smallest absolute Gasteiger partial charge is 0.191 e. The van der Waals surface area contributed by atoms with E-state index in [1.54, 1.807) is 7.11 Å². The standard InChI is InChI=1S/C23H30FN3O2.HI/c1-3-25-22(26-16-18-4-10-21(28-2)11-5-18)27-17-23(12-14-29-15-13-23)19-6-8-20(24)9-7-19;/h4-11H,3,12-17H2,1-2H3,(H2,25,26,27);1H. The largest absolute Gasteiger partial charge is 0.497 e. The number of guanidine groups is 1. The number of hydrogen-bond donors (Lipinski definition) is 2. The van der Waals surface area contributed by atoms with Gasteiger partial charge in [0.15, 0.2) is 5.96 Å². The summed E-state index contributed by atoms with van der Waals surface area (Å²) in [7, 11) is 1.66. The molecule has 0 amide bonds. The maximum atomic E-state index is 13.4. The van der Waals surface area contributed by atoms with Crippen molar-refractivity contribution in [3.05, 3.63) is 65.5 Å². The van der Waals surface area contributed by atoms with E-state index in [9.17, 15) is 4.39 Å². The van der Waals surface area contributed by atoms with Gasteiger partial charge in [-0.3, -0.25) is 0 Å². The second-order valence-corrected chi connectivity index (χ2v) is 7.30. The molecule has 0 unspecified atom stereocenters. The van der Waals surface area contributed by atoms with Gasteiger partial charge in [0, 0.05) is 31.7 Å². The Bertz CT molecular complexity index is 791. The van der Waals surface area contributed by atoms with Crippen LogP contribution in [0.3, 0.4) is 0 Å². The van der Waals surface area contributed by atoms with Gasteiger partial charge < -0.3 is 20.1 Å². The highest BCUT2D eigenvalue weighted by Crippen LogP contribution is 2.34. The van der Waals surface area contributed by atoms with Gasteiger partial charge in [0.2, 0.25) is 0 Å². The van der Waals surface area contributed by atoms with Gasteiger partial charge in [-0.15, -0.1) is 24.0 Å². The summed E-state index contributed by atoms with van der Waals surface area (Å²) in [5.74, 6) is 1.40. The SMILES string of the molecule is CCNC(=NCc1ccc(OC)cc1)NCC1(c2ccc(F)cc2)CCOCC1.I. The minimum atomic E-state index is -0.210. The first kappa shape index (κ1) is 24.4. The maximum absolute atomic E-state index is 13.4. The average Bonchev–Trinajstić information content (AvgIpc) is 2.77. The van der Waals surface area contributed by atoms with Crippen molar-refractivity contribution in [1.29, 1.82) is 0 Å². The quantitative estimate of drug-likeness (QED) is 0.321. The fraction of sp³-hybridized carbons (Fsp3) is 0.435. The molecule has 164 valence electrons. The van der Waals surface area contributed by atoms with E-state index in [-0.39, 0.29) is 35.2 Å². The number of benzene rings is 2. The molecule has 1 fully saturated rings. The minimum absolute atomic E-state index is 0. The molecule has 7 heteroatoms. The van der Waals surface area contributed by atoms with Crippen LogP contribution in [-0.2, 0) is 16.7 Å². The first-order valence-corrected chi connectivity index (χ1v) is 10.1. The van der Waals surface area contributed by atoms with Crippen molar-refractivity contribution in [2.45, 2.75) is 31.7 Å². The molecule has 0 radical (unpaired) electrons. The van der Waals surface area contributed by atoms with E-state index in [0.717, 1.165) is 48.8 Å². The summed E-state index contributed by atoms with van der Waals surface area (Å²) in [5, 5.41) is 6.82. The van der Waals surface area contributed by atoms with E-state index in [2.05, 4.69) is 17.6 Å². The van der Waals surface area contributed by atoms with Crippen LogP contribution in [0.25, 0.3) is 0 Å². The van der Waals surface area contributed by atoms with Crippen LogP contribution in [0.2, 0.25) is 0 Å². The number of nitrogens with one attached hydrogen (secondary N) is 2. The lowest BCUT2D eigenvalue weighted by Crippen LogP contribution is -2.48. The Kier molecular flexibility index (Phi) is 9.84. The van der Waals surface area contributed by atoms with Gasteiger partial charge in [-0.2, -0.15) is 0 Å². The topological polar surface area (TPSA) is 54.9 Å². The molecule has 1 aliphatic heterocycles. The summed E-state index contributed by atoms with van der Waals surface area (Å²) in [6, 6.07) is 14.8. The lowest BCUT2D eigenvalue weighted by molar-refractivity contribution is 0.0513. The third kappa shape index (κ3) is 6.57. The number of aliphatic imine (C=N–C) groups is 1. The molecule has 2 aromatic carbocycles. The molecule has 0 aromatic heterocycles. The molecule has 30 heavy (non-hydrogen) atoms. The normalized spacial score (nSPS) is 15.8. The maximum Gasteiger partial charge on any atom is 0.191 e. The molecular weight excluding hydrogens is 496 g/mol. The lowest BCUT2D eigenvalue weighted by Gasteiger charge is -2.38. The molecule has 1 heterocycles. The van der Waals surface area contributed by atoms with Crippen LogP contribution < -0.4 is 15.4 Å². The molecule has 0 bridgehead atoms. The van der Waals surface area contributed by atoms with Crippen LogP contribution in [0.1, 0.15) is 30.9 Å². The Labute approximate surface area is 195 Å². The molecule has 1 saturated heterocycles. The Hall–Kier alpha value is -1.87. The van der Waals surface area contributed by atoms with Crippen molar-refractivity contribution in [3.63, 3.8) is 0 Å². The molecule has 2 N–H and O–H groups in total. The lowest BCUT2D eigenvalue weighted by atomic mass is 9.74. The highest BCUT2D eigenvalue weighted by molar-refractivity contribution is 14.0. The van der Waals surface area contributed by atoms with Gasteiger partial charge in [0.1, 0.15) is 11.6 Å². The molecule has 2 aromatic rings. The predicted molar refractivity (Wildman–Crippen MR) is 129 cm³/mol. The third-order valence-corrected chi connectivity index (χ3v) is 5.42. The molecule has 0 atom stereocenters. The zero-order valence-electron chi connectivity index (χ0n) is 17.6. The van der Waals surface area contributed by atoms with Crippen LogP contribution in [0.15, 0.2) is 53.5 Å². The number of ether oxygens (including phenoxy) is 2. The van der Waals surface area contributed by atoms with Gasteiger partial charge in [-0.1, -0.05) is 24.3 Å². The minimum Gasteiger partial charge on any atom is -0.497 e. The fourth-order valence-corrected chi connectivity index (χ4v) is 3.63. The van der Waals surface area contributed by atoms with Gasteiger partial charge in [-0.25, -0.2) is 9.38 Å². The van der Waals surface area contributed by atoms with Crippen molar-refractivity contribution < 1.29 is 13.9 Å². The summed E-state index contributed by atoms with van der Waals surface area (Å²) in [6.07, 6.45) is 1.78. The molecule has 0 saturated carbocycles. The second kappa shape index (κ2) is 12.1. The Balaban J connectivity index is 0.00000320.